The number of amides is 1. The van der Waals surface area contributed by atoms with E-state index in [0.29, 0.717) is 13.0 Å². The molecule has 9 heteroatoms. The van der Waals surface area contributed by atoms with E-state index in [1.165, 1.54) is 17.0 Å². The van der Waals surface area contributed by atoms with Gasteiger partial charge in [-0.15, -0.1) is 0 Å². The molecular formula is C16H22ClFN2O4S. The molecule has 1 amide bonds. The van der Waals surface area contributed by atoms with Crippen molar-refractivity contribution < 1.29 is 22.3 Å². The van der Waals surface area contributed by atoms with Gasteiger partial charge in [0.2, 0.25) is 10.0 Å². The summed E-state index contributed by atoms with van der Waals surface area (Å²) in [5, 5.41) is 0.0622. The third-order valence-corrected chi connectivity index (χ3v) is 5.30. The highest BCUT2D eigenvalue weighted by atomic mass is 35.5. The molecule has 1 N–H and O–H groups in total. The van der Waals surface area contributed by atoms with E-state index < -0.39 is 39.3 Å². The van der Waals surface area contributed by atoms with E-state index in [1.807, 2.05) is 0 Å². The second kappa shape index (κ2) is 7.47. The molecule has 1 atom stereocenters. The van der Waals surface area contributed by atoms with Gasteiger partial charge in [-0.05, 0) is 39.3 Å². The van der Waals surface area contributed by atoms with Crippen LogP contribution in [0.15, 0.2) is 18.2 Å². The first-order valence-electron chi connectivity index (χ1n) is 7.88. The number of carbonyl (C=O) groups is 1. The molecule has 0 saturated carbocycles. The fourth-order valence-electron chi connectivity index (χ4n) is 2.50. The van der Waals surface area contributed by atoms with Crippen molar-refractivity contribution in [1.82, 2.24) is 9.62 Å². The van der Waals surface area contributed by atoms with Gasteiger partial charge in [0, 0.05) is 29.7 Å². The number of likely N-dealkylation sites (tertiary alicyclic amines) is 1. The molecule has 1 aliphatic rings. The summed E-state index contributed by atoms with van der Waals surface area (Å²) >= 11 is 5.88. The quantitative estimate of drug-likeness (QED) is 0.854. The van der Waals surface area contributed by atoms with Gasteiger partial charge in [-0.2, -0.15) is 0 Å². The average molecular weight is 393 g/mol. The number of ether oxygens (including phenoxy) is 1. The third-order valence-electron chi connectivity index (χ3n) is 3.58. The number of hydrogen-bond donors (Lipinski definition) is 1. The van der Waals surface area contributed by atoms with E-state index in [1.54, 1.807) is 20.8 Å². The van der Waals surface area contributed by atoms with Crippen LogP contribution in [-0.2, 0) is 20.5 Å². The average Bonchev–Trinajstić information content (AvgIpc) is 2.89. The minimum atomic E-state index is -3.80. The minimum absolute atomic E-state index is 0.0622. The summed E-state index contributed by atoms with van der Waals surface area (Å²) in [6, 6.07) is 3.57. The number of hydrogen-bond acceptors (Lipinski definition) is 4. The molecule has 6 nitrogen and oxygen atoms in total. The monoisotopic (exact) mass is 392 g/mol. The molecule has 140 valence electrons. The lowest BCUT2D eigenvalue weighted by Gasteiger charge is -2.24. The molecule has 1 aromatic rings. The molecule has 0 aliphatic carbocycles. The van der Waals surface area contributed by atoms with Crippen LogP contribution in [0.1, 0.15) is 32.8 Å². The van der Waals surface area contributed by atoms with Crippen molar-refractivity contribution >= 4 is 27.7 Å². The number of carbonyl (C=O) groups excluding carboxylic acids is 1. The van der Waals surface area contributed by atoms with Crippen molar-refractivity contribution in [3.8, 4) is 0 Å². The molecule has 2 rings (SSSR count). The van der Waals surface area contributed by atoms with Crippen LogP contribution in [0.2, 0.25) is 5.02 Å². The molecule has 1 fully saturated rings. The van der Waals surface area contributed by atoms with Gasteiger partial charge in [-0.3, -0.25) is 0 Å². The van der Waals surface area contributed by atoms with Crippen molar-refractivity contribution in [2.24, 2.45) is 0 Å². The summed E-state index contributed by atoms with van der Waals surface area (Å²) in [7, 11) is -3.80. The standard InChI is InChI=1S/C16H22ClFN2O4S/c1-16(2,3)24-15(21)20-8-7-11(9-20)19-25(22,23)10-12-13(17)5-4-6-14(12)18/h4-6,11,19H,7-10H2,1-3H3/t11-/m1/s1. The summed E-state index contributed by atoms with van der Waals surface area (Å²) < 4.78 is 46.1. The Morgan fingerprint density at radius 3 is 2.72 bits per heavy atom. The Hall–Kier alpha value is -1.38. The Balaban J connectivity index is 1.97. The molecule has 0 aromatic heterocycles. The van der Waals surface area contributed by atoms with Gasteiger partial charge < -0.3 is 9.64 Å². The van der Waals surface area contributed by atoms with Gasteiger partial charge in [0.15, 0.2) is 0 Å². The van der Waals surface area contributed by atoms with E-state index in [0.717, 1.165) is 6.07 Å². The summed E-state index contributed by atoms with van der Waals surface area (Å²) in [5.41, 5.74) is -0.686. The molecule has 0 spiro atoms. The van der Waals surface area contributed by atoms with Crippen LogP contribution in [0, 0.1) is 5.82 Å². The zero-order valence-corrected chi connectivity index (χ0v) is 16.0. The molecule has 0 radical (unpaired) electrons. The lowest BCUT2D eigenvalue weighted by atomic mass is 10.2. The largest absolute Gasteiger partial charge is 0.444 e. The number of benzene rings is 1. The summed E-state index contributed by atoms with van der Waals surface area (Å²) in [5.74, 6) is -1.22. The van der Waals surface area contributed by atoms with Crippen LogP contribution in [0.4, 0.5) is 9.18 Å². The molecular weight excluding hydrogens is 371 g/mol. The maximum atomic E-state index is 13.8. The van der Waals surface area contributed by atoms with Crippen LogP contribution in [0.25, 0.3) is 0 Å². The molecule has 1 saturated heterocycles. The smallest absolute Gasteiger partial charge is 0.410 e. The van der Waals surface area contributed by atoms with Gasteiger partial charge in [-0.1, -0.05) is 17.7 Å². The first-order chi connectivity index (χ1) is 11.5. The maximum absolute atomic E-state index is 13.8. The minimum Gasteiger partial charge on any atom is -0.444 e. The number of nitrogens with zero attached hydrogens (tertiary/aromatic N) is 1. The zero-order chi connectivity index (χ0) is 18.8. The summed E-state index contributed by atoms with van der Waals surface area (Å²) in [6.45, 7) is 5.89. The Labute approximate surface area is 152 Å². The van der Waals surface area contributed by atoms with E-state index >= 15 is 0 Å². The first kappa shape index (κ1) is 19.9. The van der Waals surface area contributed by atoms with Crippen molar-refractivity contribution in [2.75, 3.05) is 13.1 Å². The van der Waals surface area contributed by atoms with Crippen LogP contribution in [0.3, 0.4) is 0 Å². The molecule has 1 aliphatic heterocycles. The topological polar surface area (TPSA) is 75.7 Å². The van der Waals surface area contributed by atoms with Crippen molar-refractivity contribution in [3.63, 3.8) is 0 Å². The highest BCUT2D eigenvalue weighted by Crippen LogP contribution is 2.22. The van der Waals surface area contributed by atoms with Gasteiger partial charge in [0.25, 0.3) is 0 Å². The Morgan fingerprint density at radius 1 is 1.44 bits per heavy atom. The predicted molar refractivity (Wildman–Crippen MR) is 93.4 cm³/mol. The van der Waals surface area contributed by atoms with Crippen molar-refractivity contribution in [2.45, 2.75) is 44.6 Å². The molecule has 0 bridgehead atoms. The highest BCUT2D eigenvalue weighted by molar-refractivity contribution is 7.88. The van der Waals surface area contributed by atoms with Gasteiger partial charge >= 0.3 is 6.09 Å². The molecule has 1 aromatic carbocycles. The van der Waals surface area contributed by atoms with Gasteiger partial charge in [-0.25, -0.2) is 22.3 Å². The van der Waals surface area contributed by atoms with Gasteiger partial charge in [0.1, 0.15) is 11.4 Å². The number of nitrogens with one attached hydrogen (secondary N) is 1. The number of rotatable bonds is 4. The Kier molecular flexibility index (Phi) is 5.96. The lowest BCUT2D eigenvalue weighted by molar-refractivity contribution is 0.0292. The van der Waals surface area contributed by atoms with E-state index in [9.17, 15) is 17.6 Å². The van der Waals surface area contributed by atoms with Crippen LogP contribution in [0.5, 0.6) is 0 Å². The lowest BCUT2D eigenvalue weighted by Crippen LogP contribution is -2.40. The van der Waals surface area contributed by atoms with Crippen LogP contribution >= 0.6 is 11.6 Å². The fourth-order valence-corrected chi connectivity index (χ4v) is 4.27. The normalized spacial score (nSPS) is 18.4. The number of sulfonamides is 1. The highest BCUT2D eigenvalue weighted by Gasteiger charge is 2.32. The molecule has 0 unspecified atom stereocenters. The second-order valence-corrected chi connectivity index (χ2v) is 9.15. The number of halogens is 2. The van der Waals surface area contributed by atoms with Crippen molar-refractivity contribution in [3.05, 3.63) is 34.6 Å². The van der Waals surface area contributed by atoms with Crippen molar-refractivity contribution in [1.29, 1.82) is 0 Å². The molecule has 25 heavy (non-hydrogen) atoms. The van der Waals surface area contributed by atoms with Crippen LogP contribution < -0.4 is 4.72 Å². The van der Waals surface area contributed by atoms with Crippen LogP contribution in [-0.4, -0.2) is 44.1 Å². The molecule has 1 heterocycles. The Morgan fingerprint density at radius 2 is 2.12 bits per heavy atom. The third kappa shape index (κ3) is 5.83. The van der Waals surface area contributed by atoms with Gasteiger partial charge in [0.05, 0.1) is 5.75 Å². The fraction of sp³-hybridized carbons (Fsp3) is 0.562. The second-order valence-electron chi connectivity index (χ2n) is 6.99. The maximum Gasteiger partial charge on any atom is 0.410 e. The first-order valence-corrected chi connectivity index (χ1v) is 9.91. The van der Waals surface area contributed by atoms with E-state index in [-0.39, 0.29) is 17.1 Å². The van der Waals surface area contributed by atoms with E-state index in [2.05, 4.69) is 4.72 Å². The zero-order valence-electron chi connectivity index (χ0n) is 14.4. The predicted octanol–water partition coefficient (Wildman–Crippen LogP) is 2.91. The SMILES string of the molecule is CC(C)(C)OC(=O)N1CC[C@@H](NS(=O)(=O)Cc2c(F)cccc2Cl)C1. The summed E-state index contributed by atoms with van der Waals surface area (Å²) in [4.78, 5) is 13.5. The summed E-state index contributed by atoms with van der Waals surface area (Å²) in [6.07, 6.45) is -0.0185. The van der Waals surface area contributed by atoms with E-state index in [4.69, 9.17) is 16.3 Å². The Bertz CT molecular complexity index is 729.